The second kappa shape index (κ2) is 10.6. The van der Waals surface area contributed by atoms with E-state index < -0.39 is 5.60 Å². The summed E-state index contributed by atoms with van der Waals surface area (Å²) >= 11 is 0. The molecule has 0 heterocycles. The van der Waals surface area contributed by atoms with E-state index in [2.05, 4.69) is 43.0 Å². The molecule has 0 unspecified atom stereocenters. The van der Waals surface area contributed by atoms with Gasteiger partial charge in [0, 0.05) is 11.3 Å². The van der Waals surface area contributed by atoms with E-state index in [9.17, 15) is 10.4 Å². The molecule has 0 spiro atoms. The maximum atomic E-state index is 12.8. The van der Waals surface area contributed by atoms with E-state index in [1.165, 1.54) is 0 Å². The highest BCUT2D eigenvalue weighted by atomic mass is 16.3. The molecule has 0 bridgehead atoms. The van der Waals surface area contributed by atoms with E-state index in [-0.39, 0.29) is 0 Å². The van der Waals surface area contributed by atoms with Crippen LogP contribution in [-0.4, -0.2) is 5.11 Å². The monoisotopic (exact) mass is 508 g/mol. The Labute approximate surface area is 231 Å². The predicted molar refractivity (Wildman–Crippen MR) is 160 cm³/mol. The minimum atomic E-state index is -1.41. The van der Waals surface area contributed by atoms with Crippen molar-refractivity contribution >= 4 is 17.1 Å². The summed E-state index contributed by atoms with van der Waals surface area (Å²) in [5, 5.41) is 22.7. The van der Waals surface area contributed by atoms with Gasteiger partial charge in [0.25, 0.3) is 0 Å². The van der Waals surface area contributed by atoms with Crippen LogP contribution in [0, 0.1) is 39.0 Å². The first kappa shape index (κ1) is 26.0. The van der Waals surface area contributed by atoms with Crippen LogP contribution in [0.4, 0.5) is 17.1 Å². The molecule has 3 heteroatoms. The summed E-state index contributed by atoms with van der Waals surface area (Å²) in [6.45, 7) is 8.19. The van der Waals surface area contributed by atoms with Gasteiger partial charge < -0.3 is 10.0 Å². The van der Waals surface area contributed by atoms with E-state index in [4.69, 9.17) is 0 Å². The van der Waals surface area contributed by atoms with Crippen molar-refractivity contribution in [2.45, 2.75) is 33.3 Å². The third-order valence-electron chi connectivity index (χ3n) is 7.85. The van der Waals surface area contributed by atoms with E-state index in [0.717, 1.165) is 61.6 Å². The Balaban J connectivity index is 1.88. The normalized spacial score (nSPS) is 11.2. The zero-order valence-electron chi connectivity index (χ0n) is 22.8. The quantitative estimate of drug-likeness (QED) is 0.234. The van der Waals surface area contributed by atoms with Crippen molar-refractivity contribution in [1.82, 2.24) is 0 Å². The van der Waals surface area contributed by atoms with Gasteiger partial charge in [-0.2, -0.15) is 5.26 Å². The first-order valence-corrected chi connectivity index (χ1v) is 13.2. The molecule has 39 heavy (non-hydrogen) atoms. The molecule has 0 aromatic heterocycles. The molecule has 0 saturated carbocycles. The van der Waals surface area contributed by atoms with Crippen molar-refractivity contribution in [3.63, 3.8) is 0 Å². The third-order valence-corrected chi connectivity index (χ3v) is 7.85. The zero-order chi connectivity index (χ0) is 27.6. The Bertz CT molecular complexity index is 1580. The highest BCUT2D eigenvalue weighted by Gasteiger charge is 2.37. The van der Waals surface area contributed by atoms with Crippen LogP contribution in [0.1, 0.15) is 44.5 Å². The van der Waals surface area contributed by atoms with Gasteiger partial charge in [0.1, 0.15) is 5.60 Å². The van der Waals surface area contributed by atoms with E-state index in [1.54, 1.807) is 0 Å². The van der Waals surface area contributed by atoms with Crippen molar-refractivity contribution in [3.05, 3.63) is 160 Å². The predicted octanol–water partition coefficient (Wildman–Crippen LogP) is 8.55. The Morgan fingerprint density at radius 2 is 1.03 bits per heavy atom. The fourth-order valence-corrected chi connectivity index (χ4v) is 5.57. The molecule has 5 rings (SSSR count). The number of rotatable bonds is 6. The number of hydrogen-bond donors (Lipinski definition) is 1. The number of para-hydroxylation sites is 2. The van der Waals surface area contributed by atoms with Gasteiger partial charge in [0.05, 0.1) is 23.0 Å². The lowest BCUT2D eigenvalue weighted by molar-refractivity contribution is 0.126. The van der Waals surface area contributed by atoms with Crippen molar-refractivity contribution in [1.29, 1.82) is 5.26 Å². The molecule has 0 saturated heterocycles. The Morgan fingerprint density at radius 1 is 0.590 bits per heavy atom. The van der Waals surface area contributed by atoms with Gasteiger partial charge >= 0.3 is 0 Å². The molecule has 0 aliphatic heterocycles. The van der Waals surface area contributed by atoms with Crippen LogP contribution >= 0.6 is 0 Å². The number of benzene rings is 5. The molecule has 0 amide bonds. The molecular weight excluding hydrogens is 476 g/mol. The van der Waals surface area contributed by atoms with Crippen LogP contribution in [0.15, 0.2) is 115 Å². The lowest BCUT2D eigenvalue weighted by Gasteiger charge is -2.37. The second-order valence-electron chi connectivity index (χ2n) is 9.97. The molecular formula is C36H32N2O. The van der Waals surface area contributed by atoms with Crippen LogP contribution in [0.25, 0.3) is 0 Å². The van der Waals surface area contributed by atoms with E-state index >= 15 is 0 Å². The number of aliphatic hydroxyl groups is 1. The lowest BCUT2D eigenvalue weighted by Crippen LogP contribution is -2.31. The fraction of sp³-hybridized carbons (Fsp3) is 0.139. The van der Waals surface area contributed by atoms with Crippen LogP contribution in [-0.2, 0) is 5.60 Å². The summed E-state index contributed by atoms with van der Waals surface area (Å²) in [6, 6.07) is 40.4. The van der Waals surface area contributed by atoms with Gasteiger partial charge in [-0.1, -0.05) is 97.1 Å². The summed E-state index contributed by atoms with van der Waals surface area (Å²) < 4.78 is 0. The van der Waals surface area contributed by atoms with Crippen molar-refractivity contribution in [2.75, 3.05) is 4.90 Å². The largest absolute Gasteiger partial charge is 0.376 e. The van der Waals surface area contributed by atoms with Gasteiger partial charge in [0.15, 0.2) is 0 Å². The second-order valence-corrected chi connectivity index (χ2v) is 9.97. The Morgan fingerprint density at radius 3 is 1.51 bits per heavy atom. The summed E-state index contributed by atoms with van der Waals surface area (Å²) in [7, 11) is 0. The minimum absolute atomic E-state index is 0.722. The Hall–Kier alpha value is -4.65. The molecule has 1 N–H and O–H groups in total. The van der Waals surface area contributed by atoms with Gasteiger partial charge in [-0.05, 0) is 79.3 Å². The molecule has 0 atom stereocenters. The standard InChI is InChI=1S/C36H32N2O/c1-25-27(3)35(28(4)26(2)32(25)24-37)38(31-20-12-7-13-21-31)34-23-15-14-22-33(34)36(39,29-16-8-5-9-17-29)30-18-10-6-11-19-30/h5-23,39H,1-4H3. The van der Waals surface area contributed by atoms with Crippen LogP contribution in [0.3, 0.4) is 0 Å². The molecule has 5 aromatic rings. The molecule has 0 radical (unpaired) electrons. The smallest absolute Gasteiger partial charge is 0.142 e. The van der Waals surface area contributed by atoms with Crippen molar-refractivity contribution in [3.8, 4) is 6.07 Å². The summed E-state index contributed by atoms with van der Waals surface area (Å²) in [5.41, 5.74) is 8.53. The molecule has 3 nitrogen and oxygen atoms in total. The highest BCUT2D eigenvalue weighted by Crippen LogP contribution is 2.48. The maximum Gasteiger partial charge on any atom is 0.142 e. The zero-order valence-corrected chi connectivity index (χ0v) is 22.8. The molecule has 5 aromatic carbocycles. The highest BCUT2D eigenvalue weighted by molar-refractivity contribution is 5.85. The summed E-state index contributed by atoms with van der Waals surface area (Å²) in [6.07, 6.45) is 0. The number of anilines is 3. The average Bonchev–Trinajstić information content (AvgIpc) is 2.99. The van der Waals surface area contributed by atoms with E-state index in [1.807, 2.05) is 111 Å². The first-order valence-electron chi connectivity index (χ1n) is 13.2. The van der Waals surface area contributed by atoms with Gasteiger partial charge in [-0.3, -0.25) is 0 Å². The van der Waals surface area contributed by atoms with Gasteiger partial charge in [-0.25, -0.2) is 0 Å². The van der Waals surface area contributed by atoms with E-state index in [0.29, 0.717) is 0 Å². The van der Waals surface area contributed by atoms with Crippen LogP contribution in [0.2, 0.25) is 0 Å². The average molecular weight is 509 g/mol. The molecule has 0 fully saturated rings. The summed E-state index contributed by atoms with van der Waals surface area (Å²) in [4.78, 5) is 2.23. The van der Waals surface area contributed by atoms with Gasteiger partial charge in [0.2, 0.25) is 0 Å². The number of hydrogen-bond acceptors (Lipinski definition) is 3. The minimum Gasteiger partial charge on any atom is -0.376 e. The fourth-order valence-electron chi connectivity index (χ4n) is 5.57. The molecule has 0 aliphatic rings. The molecule has 192 valence electrons. The lowest BCUT2D eigenvalue weighted by atomic mass is 9.79. The number of nitriles is 1. The topological polar surface area (TPSA) is 47.3 Å². The van der Waals surface area contributed by atoms with Crippen LogP contribution in [0.5, 0.6) is 0 Å². The van der Waals surface area contributed by atoms with Crippen molar-refractivity contribution in [2.24, 2.45) is 0 Å². The number of nitrogens with zero attached hydrogens (tertiary/aromatic N) is 2. The first-order chi connectivity index (χ1) is 18.9. The third kappa shape index (κ3) is 4.40. The van der Waals surface area contributed by atoms with Crippen LogP contribution < -0.4 is 4.90 Å². The maximum absolute atomic E-state index is 12.8. The SMILES string of the molecule is Cc1c(C)c(N(c2ccccc2)c2ccccc2C(O)(c2ccccc2)c2ccccc2)c(C)c(C)c1C#N. The van der Waals surface area contributed by atoms with Crippen molar-refractivity contribution < 1.29 is 5.11 Å². The summed E-state index contributed by atoms with van der Waals surface area (Å²) in [5.74, 6) is 0. The Kier molecular flexibility index (Phi) is 7.07. The molecule has 0 aliphatic carbocycles. The van der Waals surface area contributed by atoms with Gasteiger partial charge in [-0.15, -0.1) is 0 Å².